The Kier molecular flexibility index (Phi) is 2.04. The highest BCUT2D eigenvalue weighted by molar-refractivity contribution is 5.21. The first-order valence-electron chi connectivity index (χ1n) is 8.10. The van der Waals surface area contributed by atoms with Gasteiger partial charge in [0.15, 0.2) is 0 Å². The molecule has 4 saturated heterocycles. The van der Waals surface area contributed by atoms with Crippen molar-refractivity contribution >= 4 is 0 Å². The van der Waals surface area contributed by atoms with Crippen LogP contribution in [0.15, 0.2) is 0 Å². The minimum absolute atomic E-state index is 0.203. The Labute approximate surface area is 117 Å². The maximum absolute atomic E-state index is 6.16. The van der Waals surface area contributed by atoms with Gasteiger partial charge in [-0.3, -0.25) is 0 Å². The molecule has 6 aliphatic rings. The normalized spacial score (nSPS) is 67.3. The molecule has 4 heterocycles. The summed E-state index contributed by atoms with van der Waals surface area (Å²) in [7, 11) is 0. The topological polar surface area (TPSA) is 59.4 Å². The Hall–Kier alpha value is -0.200. The molecule has 0 amide bonds. The van der Waals surface area contributed by atoms with Crippen molar-refractivity contribution in [2.75, 3.05) is 6.61 Å². The van der Waals surface area contributed by atoms with Gasteiger partial charge in [0, 0.05) is 12.5 Å². The van der Waals surface area contributed by atoms with Crippen molar-refractivity contribution in [2.24, 2.45) is 11.8 Å². The first kappa shape index (κ1) is 11.4. The van der Waals surface area contributed by atoms with E-state index in [0.29, 0.717) is 54.6 Å². The predicted molar refractivity (Wildman–Crippen MR) is 66.3 cm³/mol. The van der Waals surface area contributed by atoms with Crippen molar-refractivity contribution in [1.82, 2.24) is 0 Å². The summed E-state index contributed by atoms with van der Waals surface area (Å²) in [6.07, 6.45) is 5.20. The number of fused-ring (bicyclic) bond motifs is 6. The lowest BCUT2D eigenvalue weighted by atomic mass is 9.71. The molecule has 0 aromatic rings. The molecule has 20 heavy (non-hydrogen) atoms. The molecule has 2 saturated carbocycles. The standard InChI is InChI=1S/C15H20O5/c1-2-3-16-10-7(11-14(19-11)15-13(10)20-15)5-4-6-9(17-6)12-8(5)18-12/h5-15H,2-4H2,1H3. The van der Waals surface area contributed by atoms with Crippen LogP contribution in [-0.2, 0) is 23.7 Å². The zero-order valence-corrected chi connectivity index (χ0v) is 11.5. The molecule has 0 aromatic heterocycles. The van der Waals surface area contributed by atoms with Crippen LogP contribution in [0, 0.1) is 11.8 Å². The monoisotopic (exact) mass is 280 g/mol. The SMILES string of the molecule is CCCOC1C2OC2C2OC2C1C1CC2OC2C2OC12. The van der Waals surface area contributed by atoms with Crippen molar-refractivity contribution in [3.8, 4) is 0 Å². The molecule has 11 unspecified atom stereocenters. The number of hydrogen-bond donors (Lipinski definition) is 0. The lowest BCUT2D eigenvalue weighted by Crippen LogP contribution is -2.46. The van der Waals surface area contributed by atoms with Crippen LogP contribution in [0.2, 0.25) is 0 Å². The molecular weight excluding hydrogens is 260 g/mol. The fourth-order valence-electron chi connectivity index (χ4n) is 4.89. The van der Waals surface area contributed by atoms with Gasteiger partial charge in [-0.2, -0.15) is 0 Å². The molecule has 0 N–H and O–H groups in total. The molecular formula is C15H20O5. The number of hydrogen-bond acceptors (Lipinski definition) is 5. The van der Waals surface area contributed by atoms with Gasteiger partial charge in [0.25, 0.3) is 0 Å². The van der Waals surface area contributed by atoms with Crippen LogP contribution in [0.25, 0.3) is 0 Å². The molecule has 0 spiro atoms. The molecule has 5 heteroatoms. The Morgan fingerprint density at radius 1 is 0.850 bits per heavy atom. The van der Waals surface area contributed by atoms with Crippen LogP contribution in [0.5, 0.6) is 0 Å². The van der Waals surface area contributed by atoms with Gasteiger partial charge in [0.2, 0.25) is 0 Å². The molecule has 0 bridgehead atoms. The van der Waals surface area contributed by atoms with Crippen LogP contribution in [0.4, 0.5) is 0 Å². The van der Waals surface area contributed by atoms with Gasteiger partial charge in [-0.1, -0.05) is 6.92 Å². The van der Waals surface area contributed by atoms with Crippen LogP contribution < -0.4 is 0 Å². The fraction of sp³-hybridized carbons (Fsp3) is 1.00. The molecule has 5 nitrogen and oxygen atoms in total. The second-order valence-electron chi connectivity index (χ2n) is 7.15. The average molecular weight is 280 g/mol. The van der Waals surface area contributed by atoms with Crippen molar-refractivity contribution in [1.29, 1.82) is 0 Å². The van der Waals surface area contributed by atoms with E-state index in [4.69, 9.17) is 23.7 Å². The fourth-order valence-corrected chi connectivity index (χ4v) is 4.89. The van der Waals surface area contributed by atoms with E-state index in [0.717, 1.165) is 19.4 Å². The second-order valence-corrected chi connectivity index (χ2v) is 7.15. The molecule has 0 radical (unpaired) electrons. The first-order chi connectivity index (χ1) is 9.86. The van der Waals surface area contributed by atoms with Gasteiger partial charge in [-0.05, 0) is 18.8 Å². The summed E-state index contributed by atoms with van der Waals surface area (Å²) in [6, 6.07) is 0. The smallest absolute Gasteiger partial charge is 0.116 e. The van der Waals surface area contributed by atoms with E-state index >= 15 is 0 Å². The van der Waals surface area contributed by atoms with Gasteiger partial charge in [-0.25, -0.2) is 0 Å². The van der Waals surface area contributed by atoms with Crippen LogP contribution in [0.1, 0.15) is 19.8 Å². The Balaban J connectivity index is 1.28. The quantitative estimate of drug-likeness (QED) is 0.702. The molecule has 11 atom stereocenters. The molecule has 4 aliphatic heterocycles. The lowest BCUT2D eigenvalue weighted by Gasteiger charge is -2.33. The van der Waals surface area contributed by atoms with Gasteiger partial charge in [-0.15, -0.1) is 0 Å². The molecule has 2 aliphatic carbocycles. The van der Waals surface area contributed by atoms with Gasteiger partial charge in [0.1, 0.15) is 30.5 Å². The van der Waals surface area contributed by atoms with Crippen molar-refractivity contribution in [2.45, 2.75) is 74.7 Å². The number of rotatable bonds is 4. The third-order valence-electron chi connectivity index (χ3n) is 5.97. The van der Waals surface area contributed by atoms with Crippen molar-refractivity contribution < 1.29 is 23.7 Å². The highest BCUT2D eigenvalue weighted by Crippen LogP contribution is 2.60. The highest BCUT2D eigenvalue weighted by atomic mass is 16.7. The maximum atomic E-state index is 6.16. The van der Waals surface area contributed by atoms with Gasteiger partial charge < -0.3 is 23.7 Å². The molecule has 110 valence electrons. The molecule has 0 aromatic carbocycles. The summed E-state index contributed by atoms with van der Waals surface area (Å²) in [5.41, 5.74) is 0. The number of ether oxygens (including phenoxy) is 5. The zero-order valence-electron chi connectivity index (χ0n) is 11.5. The predicted octanol–water partition coefficient (Wildman–Crippen LogP) is 0.501. The Bertz CT molecular complexity index is 456. The highest BCUT2D eigenvalue weighted by Gasteiger charge is 2.75. The maximum Gasteiger partial charge on any atom is 0.116 e. The zero-order chi connectivity index (χ0) is 13.0. The van der Waals surface area contributed by atoms with E-state index in [1.54, 1.807) is 0 Å². The summed E-state index contributed by atoms with van der Waals surface area (Å²) in [5.74, 6) is 0.973. The third kappa shape index (κ3) is 1.40. The second kappa shape index (κ2) is 3.58. The molecule has 6 fully saturated rings. The third-order valence-corrected chi connectivity index (χ3v) is 5.97. The van der Waals surface area contributed by atoms with Gasteiger partial charge in [0.05, 0.1) is 24.4 Å². The van der Waals surface area contributed by atoms with E-state index in [2.05, 4.69) is 6.92 Å². The van der Waals surface area contributed by atoms with Crippen LogP contribution in [-0.4, -0.2) is 61.5 Å². The minimum atomic E-state index is 0.203. The first-order valence-corrected chi connectivity index (χ1v) is 8.10. The summed E-state index contributed by atoms with van der Waals surface area (Å²) in [5, 5.41) is 0. The van der Waals surface area contributed by atoms with E-state index in [1.807, 2.05) is 0 Å². The summed E-state index contributed by atoms with van der Waals surface area (Å²) in [4.78, 5) is 0. The summed E-state index contributed by atoms with van der Waals surface area (Å²) in [6.45, 7) is 2.97. The van der Waals surface area contributed by atoms with E-state index < -0.39 is 0 Å². The van der Waals surface area contributed by atoms with Crippen molar-refractivity contribution in [3.05, 3.63) is 0 Å². The molecule has 6 rings (SSSR count). The lowest BCUT2D eigenvalue weighted by molar-refractivity contribution is -0.0401. The average Bonchev–Trinajstić information content (AvgIpc) is 3.30. The Morgan fingerprint density at radius 2 is 1.60 bits per heavy atom. The minimum Gasteiger partial charge on any atom is -0.375 e. The number of epoxide rings is 4. The Morgan fingerprint density at radius 3 is 2.50 bits per heavy atom. The van der Waals surface area contributed by atoms with Crippen LogP contribution >= 0.6 is 0 Å². The van der Waals surface area contributed by atoms with E-state index in [9.17, 15) is 0 Å². The van der Waals surface area contributed by atoms with E-state index in [1.165, 1.54) is 0 Å². The van der Waals surface area contributed by atoms with Crippen LogP contribution in [0.3, 0.4) is 0 Å². The largest absolute Gasteiger partial charge is 0.375 e. The van der Waals surface area contributed by atoms with Gasteiger partial charge >= 0.3 is 0 Å². The van der Waals surface area contributed by atoms with E-state index in [-0.39, 0.29) is 12.2 Å². The summed E-state index contributed by atoms with van der Waals surface area (Å²) >= 11 is 0. The summed E-state index contributed by atoms with van der Waals surface area (Å²) < 4.78 is 29.5. The van der Waals surface area contributed by atoms with Crippen molar-refractivity contribution in [3.63, 3.8) is 0 Å².